The van der Waals surface area contributed by atoms with Crippen molar-refractivity contribution in [1.29, 1.82) is 0 Å². The van der Waals surface area contributed by atoms with Crippen LogP contribution < -0.4 is 10.6 Å². The average Bonchev–Trinajstić information content (AvgIpc) is 3.07. The van der Waals surface area contributed by atoms with E-state index in [4.69, 9.17) is 10.3 Å². The van der Waals surface area contributed by atoms with E-state index in [1.54, 1.807) is 11.0 Å². The number of aryl methyl sites for hydroxylation is 1. The number of aromatic nitrogens is 1. The predicted molar refractivity (Wildman–Crippen MR) is 94.2 cm³/mol. The Bertz CT molecular complexity index is 748. The first kappa shape index (κ1) is 16.7. The summed E-state index contributed by atoms with van der Waals surface area (Å²) < 4.78 is 5.07. The smallest absolute Gasteiger partial charge is 0.296 e. The van der Waals surface area contributed by atoms with E-state index >= 15 is 0 Å². The van der Waals surface area contributed by atoms with Crippen molar-refractivity contribution in [2.24, 2.45) is 5.73 Å². The summed E-state index contributed by atoms with van der Waals surface area (Å²) in [6, 6.07) is 5.86. The maximum absolute atomic E-state index is 12.8. The van der Waals surface area contributed by atoms with E-state index in [2.05, 4.69) is 38.1 Å². The zero-order chi connectivity index (χ0) is 17.5. The van der Waals surface area contributed by atoms with E-state index in [1.165, 1.54) is 17.3 Å². The van der Waals surface area contributed by atoms with Crippen molar-refractivity contribution >= 4 is 11.6 Å². The minimum atomic E-state index is -0.149. The lowest BCUT2D eigenvalue weighted by molar-refractivity contribution is 0.0946. The first-order valence-electron chi connectivity index (χ1n) is 8.50. The monoisotopic (exact) mass is 327 g/mol. The molecule has 5 nitrogen and oxygen atoms in total. The van der Waals surface area contributed by atoms with Crippen LogP contribution in [0.25, 0.3) is 0 Å². The Morgan fingerprint density at radius 2 is 2.21 bits per heavy atom. The fraction of sp³-hybridized carbons (Fsp3) is 0.474. The maximum atomic E-state index is 12.8. The van der Waals surface area contributed by atoms with Gasteiger partial charge in [0.2, 0.25) is 5.76 Å². The van der Waals surface area contributed by atoms with Crippen molar-refractivity contribution in [3.8, 4) is 0 Å². The Balaban J connectivity index is 2.15. The van der Waals surface area contributed by atoms with E-state index in [-0.39, 0.29) is 23.1 Å². The van der Waals surface area contributed by atoms with Gasteiger partial charge < -0.3 is 15.2 Å². The number of nitrogens with two attached hydrogens (primary N) is 1. The molecule has 2 heterocycles. The fourth-order valence-electron chi connectivity index (χ4n) is 3.46. The molecule has 1 aliphatic rings. The van der Waals surface area contributed by atoms with Gasteiger partial charge >= 0.3 is 0 Å². The van der Waals surface area contributed by atoms with E-state index in [9.17, 15) is 4.79 Å². The van der Waals surface area contributed by atoms with Gasteiger partial charge in [0.05, 0.1) is 6.20 Å². The Morgan fingerprint density at radius 3 is 2.79 bits per heavy atom. The molecule has 0 aliphatic carbocycles. The highest BCUT2D eigenvalue weighted by atomic mass is 16.5. The third kappa shape index (κ3) is 2.73. The summed E-state index contributed by atoms with van der Waals surface area (Å²) in [5.41, 5.74) is 10.7. The van der Waals surface area contributed by atoms with Crippen molar-refractivity contribution < 1.29 is 9.32 Å². The number of carbonyl (C=O) groups excluding carboxylic acids is 1. The summed E-state index contributed by atoms with van der Waals surface area (Å²) in [7, 11) is 0. The number of amides is 1. The average molecular weight is 327 g/mol. The molecular weight excluding hydrogens is 302 g/mol. The van der Waals surface area contributed by atoms with Gasteiger partial charge in [-0.25, -0.2) is 0 Å². The van der Waals surface area contributed by atoms with Crippen LogP contribution >= 0.6 is 0 Å². The van der Waals surface area contributed by atoms with Crippen LogP contribution in [-0.2, 0) is 11.8 Å². The van der Waals surface area contributed by atoms with Crippen LogP contribution in [0.1, 0.15) is 67.4 Å². The van der Waals surface area contributed by atoms with E-state index in [1.807, 2.05) is 6.92 Å². The van der Waals surface area contributed by atoms with Crippen LogP contribution in [0, 0.1) is 0 Å². The van der Waals surface area contributed by atoms with E-state index < -0.39 is 0 Å². The summed E-state index contributed by atoms with van der Waals surface area (Å²) in [6.07, 6.45) is 3.33. The first-order valence-corrected chi connectivity index (χ1v) is 8.50. The number of nitrogens with zero attached hydrogens (tertiary/aromatic N) is 2. The second-order valence-electron chi connectivity index (χ2n) is 7.18. The van der Waals surface area contributed by atoms with Crippen LogP contribution in [0.4, 0.5) is 5.69 Å². The van der Waals surface area contributed by atoms with Crippen molar-refractivity contribution in [3.63, 3.8) is 0 Å². The highest BCUT2D eigenvalue weighted by molar-refractivity contribution is 6.05. The van der Waals surface area contributed by atoms with Crippen LogP contribution in [0.3, 0.4) is 0 Å². The molecule has 0 radical (unpaired) electrons. The van der Waals surface area contributed by atoms with Gasteiger partial charge in [0.25, 0.3) is 5.91 Å². The molecule has 1 aromatic carbocycles. The highest BCUT2D eigenvalue weighted by Crippen LogP contribution is 2.42. The molecule has 1 aromatic heterocycles. The van der Waals surface area contributed by atoms with Gasteiger partial charge in [-0.15, -0.1) is 0 Å². The molecule has 0 saturated heterocycles. The molecule has 2 N–H and O–H groups in total. The first-order chi connectivity index (χ1) is 11.3. The molecule has 0 fully saturated rings. The minimum Gasteiger partial charge on any atom is -0.351 e. The molecule has 1 amide bonds. The Morgan fingerprint density at radius 1 is 1.46 bits per heavy atom. The number of hydrogen-bond acceptors (Lipinski definition) is 4. The minimum absolute atomic E-state index is 0.0216. The maximum Gasteiger partial charge on any atom is 0.296 e. The third-order valence-electron chi connectivity index (χ3n) is 5.00. The van der Waals surface area contributed by atoms with Gasteiger partial charge in [-0.1, -0.05) is 32.0 Å². The SMILES string of the molecule is CCc1cc2c(cc1[C@@H](C)N)N(C(=O)c1ccno1)CCC2(C)C. The Labute approximate surface area is 142 Å². The van der Waals surface area contributed by atoms with Gasteiger partial charge in [0, 0.05) is 24.3 Å². The van der Waals surface area contributed by atoms with Crippen LogP contribution in [0.2, 0.25) is 0 Å². The molecule has 128 valence electrons. The second kappa shape index (κ2) is 6.06. The number of anilines is 1. The lowest BCUT2D eigenvalue weighted by Gasteiger charge is -2.39. The van der Waals surface area contributed by atoms with Crippen molar-refractivity contribution in [2.75, 3.05) is 11.4 Å². The van der Waals surface area contributed by atoms with Gasteiger partial charge in [-0.05, 0) is 47.9 Å². The summed E-state index contributed by atoms with van der Waals surface area (Å²) >= 11 is 0. The Hall–Kier alpha value is -2.14. The number of benzene rings is 1. The third-order valence-corrected chi connectivity index (χ3v) is 5.00. The predicted octanol–water partition coefficient (Wildman–Crippen LogP) is 3.58. The van der Waals surface area contributed by atoms with E-state index in [0.29, 0.717) is 6.54 Å². The molecule has 3 rings (SSSR count). The van der Waals surface area contributed by atoms with Crippen LogP contribution in [0.5, 0.6) is 0 Å². The topological polar surface area (TPSA) is 72.4 Å². The van der Waals surface area contributed by atoms with Crippen molar-refractivity contribution in [2.45, 2.75) is 52.0 Å². The molecular formula is C19H25N3O2. The summed E-state index contributed by atoms with van der Waals surface area (Å²) in [5, 5.41) is 3.65. The number of fused-ring (bicyclic) bond motifs is 1. The van der Waals surface area contributed by atoms with Gasteiger partial charge in [-0.3, -0.25) is 4.79 Å². The number of carbonyl (C=O) groups is 1. The van der Waals surface area contributed by atoms with Crippen LogP contribution in [0.15, 0.2) is 28.9 Å². The lowest BCUT2D eigenvalue weighted by Crippen LogP contribution is -2.41. The van der Waals surface area contributed by atoms with Gasteiger partial charge in [0.1, 0.15) is 0 Å². The van der Waals surface area contributed by atoms with Crippen molar-refractivity contribution in [3.05, 3.63) is 46.8 Å². The summed E-state index contributed by atoms with van der Waals surface area (Å²) in [5.74, 6) is 0.117. The summed E-state index contributed by atoms with van der Waals surface area (Å²) in [6.45, 7) is 9.24. The molecule has 0 saturated carbocycles. The largest absolute Gasteiger partial charge is 0.351 e. The normalized spacial score (nSPS) is 17.5. The number of hydrogen-bond donors (Lipinski definition) is 1. The zero-order valence-corrected chi connectivity index (χ0v) is 14.8. The van der Waals surface area contributed by atoms with Crippen molar-refractivity contribution in [1.82, 2.24) is 5.16 Å². The summed E-state index contributed by atoms with van der Waals surface area (Å²) in [4.78, 5) is 14.6. The fourth-order valence-corrected chi connectivity index (χ4v) is 3.46. The molecule has 0 unspecified atom stereocenters. The molecule has 5 heteroatoms. The Kier molecular flexibility index (Phi) is 4.22. The highest BCUT2D eigenvalue weighted by Gasteiger charge is 2.35. The molecule has 1 atom stereocenters. The quantitative estimate of drug-likeness (QED) is 0.935. The van der Waals surface area contributed by atoms with Crippen LogP contribution in [-0.4, -0.2) is 17.6 Å². The lowest BCUT2D eigenvalue weighted by atomic mass is 9.75. The molecule has 0 spiro atoms. The van der Waals surface area contributed by atoms with Gasteiger partial charge in [-0.2, -0.15) is 0 Å². The molecule has 24 heavy (non-hydrogen) atoms. The molecule has 1 aliphatic heterocycles. The van der Waals surface area contributed by atoms with E-state index in [0.717, 1.165) is 24.1 Å². The molecule has 2 aromatic rings. The standard InChI is InChI=1S/C19H25N3O2/c1-5-13-10-15-16(11-14(13)12(2)20)22(9-7-19(15,3)4)18(23)17-6-8-21-24-17/h6,8,10-12H,5,7,9,20H2,1-4H3/t12-/m1/s1. The second-order valence-corrected chi connectivity index (χ2v) is 7.18. The molecule has 0 bridgehead atoms. The van der Waals surface area contributed by atoms with Gasteiger partial charge in [0.15, 0.2) is 0 Å². The zero-order valence-electron chi connectivity index (χ0n) is 14.8. The number of rotatable bonds is 3.